The van der Waals surface area contributed by atoms with Gasteiger partial charge in [0.25, 0.3) is 0 Å². The van der Waals surface area contributed by atoms with Crippen molar-refractivity contribution in [3.05, 3.63) is 0 Å². The van der Waals surface area contributed by atoms with E-state index in [9.17, 15) is 9.90 Å². The van der Waals surface area contributed by atoms with Gasteiger partial charge in [0, 0.05) is 6.42 Å². The van der Waals surface area contributed by atoms with Crippen LogP contribution in [-0.4, -0.2) is 35.4 Å². The summed E-state index contributed by atoms with van der Waals surface area (Å²) in [6, 6.07) is 0. The first-order valence-corrected chi connectivity index (χ1v) is 11.2. The van der Waals surface area contributed by atoms with Gasteiger partial charge in [-0.2, -0.15) is 0 Å². The maximum absolute atomic E-state index is 10.3. The van der Waals surface area contributed by atoms with Gasteiger partial charge in [-0.1, -0.05) is 91.4 Å². The van der Waals surface area contributed by atoms with E-state index in [1.165, 1.54) is 51.4 Å². The molecule has 1 atom stereocenters. The van der Waals surface area contributed by atoms with E-state index in [4.69, 9.17) is 5.11 Å². The molecule has 3 N–H and O–H groups in total. The number of aliphatic carboxylic acids is 1. The largest absolute Gasteiger partial charge is 0.481 e. The molecule has 1 unspecified atom stereocenters. The van der Waals surface area contributed by atoms with Gasteiger partial charge in [0.1, 0.15) is 0 Å². The Morgan fingerprint density at radius 1 is 0.731 bits per heavy atom. The van der Waals surface area contributed by atoms with Crippen LogP contribution < -0.4 is 5.32 Å². The molecule has 0 aromatic rings. The maximum Gasteiger partial charge on any atom is 0.303 e. The smallest absolute Gasteiger partial charge is 0.303 e. The minimum Gasteiger partial charge on any atom is -0.481 e. The molecular formula is C22H47NO3. The van der Waals surface area contributed by atoms with Crippen LogP contribution in [0.4, 0.5) is 0 Å². The maximum atomic E-state index is 10.3. The van der Waals surface area contributed by atoms with E-state index in [1.807, 2.05) is 0 Å². The first-order valence-electron chi connectivity index (χ1n) is 11.2. The van der Waals surface area contributed by atoms with E-state index in [1.54, 1.807) is 0 Å². The summed E-state index contributed by atoms with van der Waals surface area (Å²) in [6.45, 7) is 8.60. The second-order valence-corrected chi connectivity index (χ2v) is 7.22. The minimum absolute atomic E-state index is 0.0853. The molecule has 0 radical (unpaired) electrons. The third kappa shape index (κ3) is 28.2. The van der Waals surface area contributed by atoms with Crippen molar-refractivity contribution in [1.29, 1.82) is 0 Å². The van der Waals surface area contributed by atoms with Crippen molar-refractivity contribution in [1.82, 2.24) is 5.32 Å². The van der Waals surface area contributed by atoms with Crippen molar-refractivity contribution in [2.45, 2.75) is 123 Å². The number of aliphatic hydroxyl groups excluding tert-OH is 1. The Bertz CT molecular complexity index is 270. The molecule has 0 aliphatic rings. The number of aliphatic hydroxyl groups is 1. The number of hydrogen-bond donors (Lipinski definition) is 3. The van der Waals surface area contributed by atoms with Crippen LogP contribution in [0.3, 0.4) is 0 Å². The predicted molar refractivity (Wildman–Crippen MR) is 113 cm³/mol. The molecule has 0 heterocycles. The van der Waals surface area contributed by atoms with Gasteiger partial charge in [0.15, 0.2) is 0 Å². The van der Waals surface area contributed by atoms with E-state index in [0.717, 1.165) is 51.6 Å². The number of nitrogens with one attached hydrogen (secondary N) is 1. The van der Waals surface area contributed by atoms with E-state index < -0.39 is 5.97 Å². The van der Waals surface area contributed by atoms with Crippen molar-refractivity contribution < 1.29 is 15.0 Å². The highest BCUT2D eigenvalue weighted by Crippen LogP contribution is 2.14. The molecule has 0 aliphatic heterocycles. The number of hydrogen-bond acceptors (Lipinski definition) is 3. The first kappa shape index (κ1) is 27.6. The van der Waals surface area contributed by atoms with Gasteiger partial charge in [-0.15, -0.1) is 0 Å². The molecule has 0 saturated heterocycles. The van der Waals surface area contributed by atoms with Crippen LogP contribution in [0.5, 0.6) is 0 Å². The van der Waals surface area contributed by atoms with E-state index in [0.29, 0.717) is 6.42 Å². The topological polar surface area (TPSA) is 69.6 Å². The molecule has 0 rings (SSSR count). The average Bonchev–Trinajstić information content (AvgIpc) is 2.61. The van der Waals surface area contributed by atoms with E-state index in [2.05, 4.69) is 26.1 Å². The first-order chi connectivity index (χ1) is 12.6. The van der Waals surface area contributed by atoms with E-state index in [-0.39, 0.29) is 6.10 Å². The number of unbranched alkanes of at least 4 members (excludes halogenated alkanes) is 10. The van der Waals surface area contributed by atoms with Crippen LogP contribution in [0.2, 0.25) is 0 Å². The standard InChI is InChI=1S/C18H36O3.C4H11N/c1-2-3-4-11-14-17(19)15-12-9-7-5-6-8-10-13-16-18(20)21;1-3-5-4-2/h17,19H,2-16H2,1H3,(H,20,21);5H,3-4H2,1-2H3. The molecule has 0 bridgehead atoms. The number of carboxylic acids is 1. The summed E-state index contributed by atoms with van der Waals surface area (Å²) in [5, 5.41) is 21.5. The molecule has 0 aromatic carbocycles. The fraction of sp³-hybridized carbons (Fsp3) is 0.955. The van der Waals surface area contributed by atoms with Gasteiger partial charge in [0.05, 0.1) is 6.10 Å². The molecule has 0 fully saturated rings. The third-order valence-corrected chi connectivity index (χ3v) is 4.57. The van der Waals surface area contributed by atoms with Crippen LogP contribution in [0.1, 0.15) is 117 Å². The van der Waals surface area contributed by atoms with Gasteiger partial charge >= 0.3 is 5.97 Å². The fourth-order valence-electron chi connectivity index (χ4n) is 2.92. The lowest BCUT2D eigenvalue weighted by Gasteiger charge is -2.10. The monoisotopic (exact) mass is 373 g/mol. The minimum atomic E-state index is -0.678. The van der Waals surface area contributed by atoms with Gasteiger partial charge in [0.2, 0.25) is 0 Å². The average molecular weight is 374 g/mol. The van der Waals surface area contributed by atoms with Gasteiger partial charge in [-0.3, -0.25) is 4.79 Å². The zero-order valence-corrected chi connectivity index (χ0v) is 17.9. The summed E-state index contributed by atoms with van der Waals surface area (Å²) >= 11 is 0. The Hall–Kier alpha value is -0.610. The van der Waals surface area contributed by atoms with Crippen molar-refractivity contribution >= 4 is 5.97 Å². The van der Waals surface area contributed by atoms with Crippen LogP contribution in [-0.2, 0) is 4.79 Å². The van der Waals surface area contributed by atoms with E-state index >= 15 is 0 Å². The molecule has 0 amide bonds. The molecule has 158 valence electrons. The summed E-state index contributed by atoms with van der Waals surface area (Å²) in [5.41, 5.74) is 0. The Balaban J connectivity index is 0. The van der Waals surface area contributed by atoms with Crippen LogP contribution >= 0.6 is 0 Å². The predicted octanol–water partition coefficient (Wildman–Crippen LogP) is 5.92. The summed E-state index contributed by atoms with van der Waals surface area (Å²) in [6.07, 6.45) is 16.3. The highest BCUT2D eigenvalue weighted by atomic mass is 16.4. The summed E-state index contributed by atoms with van der Waals surface area (Å²) < 4.78 is 0. The highest BCUT2D eigenvalue weighted by molar-refractivity contribution is 5.66. The van der Waals surface area contributed by atoms with Crippen molar-refractivity contribution in [2.24, 2.45) is 0 Å². The Kier molecular flexibility index (Phi) is 25.9. The molecule has 4 nitrogen and oxygen atoms in total. The molecule has 4 heteroatoms. The highest BCUT2D eigenvalue weighted by Gasteiger charge is 2.03. The van der Waals surface area contributed by atoms with Gasteiger partial charge < -0.3 is 15.5 Å². The number of rotatable bonds is 18. The fourth-order valence-corrected chi connectivity index (χ4v) is 2.92. The Morgan fingerprint density at radius 3 is 1.54 bits per heavy atom. The third-order valence-electron chi connectivity index (χ3n) is 4.57. The molecule has 0 spiro atoms. The summed E-state index contributed by atoms with van der Waals surface area (Å²) in [7, 11) is 0. The summed E-state index contributed by atoms with van der Waals surface area (Å²) in [5.74, 6) is -0.678. The van der Waals surface area contributed by atoms with Crippen LogP contribution in [0.15, 0.2) is 0 Å². The van der Waals surface area contributed by atoms with Crippen LogP contribution in [0.25, 0.3) is 0 Å². The molecule has 0 aromatic heterocycles. The molecule has 0 aliphatic carbocycles. The number of carboxylic acid groups (broad SMARTS) is 1. The zero-order valence-electron chi connectivity index (χ0n) is 17.9. The van der Waals surface area contributed by atoms with Crippen molar-refractivity contribution in [3.63, 3.8) is 0 Å². The second kappa shape index (κ2) is 24.4. The summed E-state index contributed by atoms with van der Waals surface area (Å²) in [4.78, 5) is 10.3. The normalized spacial score (nSPS) is 11.7. The lowest BCUT2D eigenvalue weighted by molar-refractivity contribution is -0.137. The molecular weight excluding hydrogens is 326 g/mol. The molecule has 0 saturated carbocycles. The number of carbonyl (C=O) groups is 1. The Labute approximate surface area is 163 Å². The lowest BCUT2D eigenvalue weighted by Crippen LogP contribution is -2.09. The SMILES string of the molecule is CCCCCCC(O)CCCCCCCCCCC(=O)O.CCNCC. The van der Waals surface area contributed by atoms with Crippen molar-refractivity contribution in [3.8, 4) is 0 Å². The van der Waals surface area contributed by atoms with Gasteiger partial charge in [-0.25, -0.2) is 0 Å². The lowest BCUT2D eigenvalue weighted by atomic mass is 10.0. The second-order valence-electron chi connectivity index (χ2n) is 7.22. The van der Waals surface area contributed by atoms with Crippen molar-refractivity contribution in [2.75, 3.05) is 13.1 Å². The quantitative estimate of drug-likeness (QED) is 0.261. The van der Waals surface area contributed by atoms with Crippen LogP contribution in [0, 0.1) is 0 Å². The molecule has 26 heavy (non-hydrogen) atoms. The Morgan fingerprint density at radius 2 is 1.15 bits per heavy atom. The zero-order chi connectivity index (χ0) is 19.9. The van der Waals surface area contributed by atoms with Gasteiger partial charge in [-0.05, 0) is 32.4 Å².